The van der Waals surface area contributed by atoms with Gasteiger partial charge < -0.3 is 10.2 Å². The van der Waals surface area contributed by atoms with E-state index in [9.17, 15) is 9.59 Å². The van der Waals surface area contributed by atoms with E-state index >= 15 is 0 Å². The molecule has 0 bridgehead atoms. The highest BCUT2D eigenvalue weighted by atomic mass is 16.2. The van der Waals surface area contributed by atoms with Gasteiger partial charge >= 0.3 is 0 Å². The van der Waals surface area contributed by atoms with Crippen LogP contribution in [-0.2, 0) is 9.59 Å². The summed E-state index contributed by atoms with van der Waals surface area (Å²) in [6, 6.07) is 0. The molecule has 0 unspecified atom stereocenters. The molecule has 0 aromatic carbocycles. The van der Waals surface area contributed by atoms with E-state index in [-0.39, 0.29) is 18.2 Å². The second-order valence-electron chi connectivity index (χ2n) is 7.79. The Morgan fingerprint density at radius 2 is 1.36 bits per heavy atom. The van der Waals surface area contributed by atoms with Crippen LogP contribution in [0.1, 0.15) is 117 Å². The molecule has 0 aromatic rings. The van der Waals surface area contributed by atoms with Crippen LogP contribution >= 0.6 is 0 Å². The SMILES string of the molecule is CCCCCCCCCCC=CN(CCCC)C(=O)CCC(=O)NCCCC. The van der Waals surface area contributed by atoms with E-state index in [1.807, 2.05) is 11.1 Å². The number of hydrogen-bond acceptors (Lipinski definition) is 2. The summed E-state index contributed by atoms with van der Waals surface area (Å²) in [4.78, 5) is 26.1. The summed E-state index contributed by atoms with van der Waals surface area (Å²) in [5, 5.41) is 2.88. The minimum atomic E-state index is -0.0137. The maximum absolute atomic E-state index is 12.5. The lowest BCUT2D eigenvalue weighted by Crippen LogP contribution is -2.30. The fourth-order valence-corrected chi connectivity index (χ4v) is 3.07. The highest BCUT2D eigenvalue weighted by Crippen LogP contribution is 2.10. The molecule has 0 aromatic heterocycles. The van der Waals surface area contributed by atoms with Crippen LogP contribution in [-0.4, -0.2) is 29.8 Å². The zero-order valence-electron chi connectivity index (χ0n) is 18.9. The van der Waals surface area contributed by atoms with Gasteiger partial charge in [-0.15, -0.1) is 0 Å². The quantitative estimate of drug-likeness (QED) is 0.259. The van der Waals surface area contributed by atoms with E-state index in [4.69, 9.17) is 0 Å². The van der Waals surface area contributed by atoms with Gasteiger partial charge in [0.15, 0.2) is 0 Å². The number of carbonyl (C=O) groups excluding carboxylic acids is 2. The molecular formula is C24H46N2O2. The Bertz CT molecular complexity index is 407. The molecule has 0 radical (unpaired) electrons. The summed E-state index contributed by atoms with van der Waals surface area (Å²) >= 11 is 0. The van der Waals surface area contributed by atoms with E-state index < -0.39 is 0 Å². The van der Waals surface area contributed by atoms with Gasteiger partial charge in [-0.25, -0.2) is 0 Å². The minimum Gasteiger partial charge on any atom is -0.356 e. The molecule has 2 amide bonds. The largest absolute Gasteiger partial charge is 0.356 e. The van der Waals surface area contributed by atoms with E-state index in [1.54, 1.807) is 0 Å². The number of nitrogens with zero attached hydrogens (tertiary/aromatic N) is 1. The predicted molar refractivity (Wildman–Crippen MR) is 120 cm³/mol. The van der Waals surface area contributed by atoms with Gasteiger partial charge in [0.25, 0.3) is 0 Å². The van der Waals surface area contributed by atoms with E-state index in [0.717, 1.165) is 38.6 Å². The number of hydrogen-bond donors (Lipinski definition) is 1. The zero-order valence-corrected chi connectivity index (χ0v) is 18.9. The molecule has 1 N–H and O–H groups in total. The predicted octanol–water partition coefficient (Wildman–Crippen LogP) is 6.36. The smallest absolute Gasteiger partial charge is 0.227 e. The second-order valence-corrected chi connectivity index (χ2v) is 7.79. The average molecular weight is 395 g/mol. The van der Waals surface area contributed by atoms with E-state index in [1.165, 1.54) is 51.4 Å². The molecule has 4 heteroatoms. The third-order valence-electron chi connectivity index (χ3n) is 5.00. The maximum atomic E-state index is 12.5. The molecule has 0 rings (SSSR count). The van der Waals surface area contributed by atoms with Crippen molar-refractivity contribution < 1.29 is 9.59 Å². The molecule has 0 saturated heterocycles. The van der Waals surface area contributed by atoms with Gasteiger partial charge in [-0.3, -0.25) is 9.59 Å². The first-order valence-electron chi connectivity index (χ1n) is 11.9. The summed E-state index contributed by atoms with van der Waals surface area (Å²) in [5.74, 6) is 0.0476. The van der Waals surface area contributed by atoms with Crippen LogP contribution < -0.4 is 5.32 Å². The van der Waals surface area contributed by atoms with Crippen LogP contribution in [0.4, 0.5) is 0 Å². The summed E-state index contributed by atoms with van der Waals surface area (Å²) in [5.41, 5.74) is 0. The van der Waals surface area contributed by atoms with Gasteiger partial charge in [0.1, 0.15) is 0 Å². The molecule has 28 heavy (non-hydrogen) atoms. The zero-order chi connectivity index (χ0) is 20.9. The summed E-state index contributed by atoms with van der Waals surface area (Å²) in [6.45, 7) is 7.95. The number of rotatable bonds is 19. The van der Waals surface area contributed by atoms with Crippen LogP contribution in [0.2, 0.25) is 0 Å². The molecule has 0 spiro atoms. The molecule has 0 saturated carbocycles. The van der Waals surface area contributed by atoms with Gasteiger partial charge in [0.05, 0.1) is 0 Å². The van der Waals surface area contributed by atoms with Gasteiger partial charge in [-0.1, -0.05) is 84.6 Å². The van der Waals surface area contributed by atoms with E-state index in [2.05, 4.69) is 32.2 Å². The van der Waals surface area contributed by atoms with Crippen molar-refractivity contribution in [2.75, 3.05) is 13.1 Å². The van der Waals surface area contributed by atoms with E-state index in [0.29, 0.717) is 13.0 Å². The number of nitrogens with one attached hydrogen (secondary N) is 1. The Morgan fingerprint density at radius 1 is 0.750 bits per heavy atom. The van der Waals surface area contributed by atoms with Crippen molar-refractivity contribution in [2.24, 2.45) is 0 Å². The second kappa shape index (κ2) is 20.4. The molecule has 0 atom stereocenters. The topological polar surface area (TPSA) is 49.4 Å². The van der Waals surface area contributed by atoms with Crippen molar-refractivity contribution in [1.82, 2.24) is 10.2 Å². The maximum Gasteiger partial charge on any atom is 0.227 e. The molecule has 4 nitrogen and oxygen atoms in total. The first kappa shape index (κ1) is 26.7. The fraction of sp³-hybridized carbons (Fsp3) is 0.833. The Balaban J connectivity index is 4.04. The summed E-state index contributed by atoms with van der Waals surface area (Å²) < 4.78 is 0. The Morgan fingerprint density at radius 3 is 2.00 bits per heavy atom. The molecule has 164 valence electrons. The molecule has 0 aliphatic carbocycles. The lowest BCUT2D eigenvalue weighted by Gasteiger charge is -2.18. The number of carbonyl (C=O) groups is 2. The minimum absolute atomic E-state index is 0.0137. The monoisotopic (exact) mass is 394 g/mol. The third-order valence-corrected chi connectivity index (χ3v) is 5.00. The van der Waals surface area contributed by atoms with Gasteiger partial charge in [0, 0.05) is 32.1 Å². The summed E-state index contributed by atoms with van der Waals surface area (Å²) in [6.07, 6.45) is 20.4. The number of unbranched alkanes of at least 4 members (excludes halogenated alkanes) is 10. The number of allylic oxidation sites excluding steroid dienone is 1. The molecule has 0 heterocycles. The van der Waals surface area contributed by atoms with Gasteiger partial charge in [-0.2, -0.15) is 0 Å². The van der Waals surface area contributed by atoms with Gasteiger partial charge in [0.2, 0.25) is 11.8 Å². The Hall–Kier alpha value is -1.32. The first-order valence-corrected chi connectivity index (χ1v) is 11.9. The van der Waals surface area contributed by atoms with Crippen molar-refractivity contribution in [3.05, 3.63) is 12.3 Å². The highest BCUT2D eigenvalue weighted by molar-refractivity contribution is 5.84. The molecular weight excluding hydrogens is 348 g/mol. The Labute approximate surface area is 174 Å². The summed E-state index contributed by atoms with van der Waals surface area (Å²) in [7, 11) is 0. The molecule has 0 fully saturated rings. The average Bonchev–Trinajstić information content (AvgIpc) is 2.70. The van der Waals surface area contributed by atoms with Crippen LogP contribution in [0.5, 0.6) is 0 Å². The first-order chi connectivity index (χ1) is 13.7. The Kier molecular flexibility index (Phi) is 19.5. The third kappa shape index (κ3) is 16.8. The van der Waals surface area contributed by atoms with Crippen LogP contribution in [0, 0.1) is 0 Å². The van der Waals surface area contributed by atoms with Crippen molar-refractivity contribution in [2.45, 2.75) is 117 Å². The van der Waals surface area contributed by atoms with Crippen molar-refractivity contribution >= 4 is 11.8 Å². The standard InChI is InChI=1S/C24H46N2O2/c1-4-7-10-11-12-13-14-15-16-17-22-26(21-9-6-3)24(28)19-18-23(27)25-20-8-5-2/h17,22H,4-16,18-21H2,1-3H3,(H,25,27). The number of amides is 2. The lowest BCUT2D eigenvalue weighted by molar-refractivity contribution is -0.131. The lowest BCUT2D eigenvalue weighted by atomic mass is 10.1. The normalized spacial score (nSPS) is 11.1. The van der Waals surface area contributed by atoms with Crippen molar-refractivity contribution in [3.8, 4) is 0 Å². The van der Waals surface area contributed by atoms with Crippen LogP contribution in [0.25, 0.3) is 0 Å². The van der Waals surface area contributed by atoms with Crippen molar-refractivity contribution in [1.29, 1.82) is 0 Å². The van der Waals surface area contributed by atoms with Crippen LogP contribution in [0.3, 0.4) is 0 Å². The fourth-order valence-electron chi connectivity index (χ4n) is 3.07. The molecule has 0 aliphatic heterocycles. The highest BCUT2D eigenvalue weighted by Gasteiger charge is 2.12. The van der Waals surface area contributed by atoms with Crippen molar-refractivity contribution in [3.63, 3.8) is 0 Å². The van der Waals surface area contributed by atoms with Gasteiger partial charge in [-0.05, 0) is 25.7 Å². The molecule has 0 aliphatic rings. The van der Waals surface area contributed by atoms with Crippen LogP contribution in [0.15, 0.2) is 12.3 Å².